The molecular formula is C17H25NO4. The lowest BCUT2D eigenvalue weighted by molar-refractivity contribution is -0.147. The van der Waals surface area contributed by atoms with Gasteiger partial charge >= 0.3 is 12.1 Å². The molecule has 1 saturated heterocycles. The van der Waals surface area contributed by atoms with Crippen LogP contribution in [0.4, 0.5) is 4.79 Å². The van der Waals surface area contributed by atoms with Crippen LogP contribution >= 0.6 is 0 Å². The lowest BCUT2D eigenvalue weighted by Gasteiger charge is -2.30. The first kappa shape index (κ1) is 14.3. The average molecular weight is 307 g/mol. The van der Waals surface area contributed by atoms with Crippen molar-refractivity contribution < 1.29 is 19.1 Å². The van der Waals surface area contributed by atoms with Crippen LogP contribution in [-0.2, 0) is 14.3 Å². The number of ether oxygens (including phenoxy) is 2. The molecule has 1 heterocycles. The number of hydrogen-bond donors (Lipinski definition) is 0. The van der Waals surface area contributed by atoms with Crippen LogP contribution in [0.5, 0.6) is 0 Å². The minimum atomic E-state index is -0.545. The minimum absolute atomic E-state index is 0.275. The third kappa shape index (κ3) is 1.90. The number of hydrogen-bond acceptors (Lipinski definition) is 4. The molecule has 5 nitrogen and oxygen atoms in total. The lowest BCUT2D eigenvalue weighted by atomic mass is 9.78. The Morgan fingerprint density at radius 3 is 2.23 bits per heavy atom. The summed E-state index contributed by atoms with van der Waals surface area (Å²) in [6.45, 7) is 6.22. The van der Waals surface area contributed by atoms with Gasteiger partial charge in [-0.1, -0.05) is 0 Å². The fraction of sp³-hybridized carbons (Fsp3) is 0.882. The van der Waals surface area contributed by atoms with Crippen LogP contribution in [0.2, 0.25) is 0 Å². The molecule has 5 heteroatoms. The summed E-state index contributed by atoms with van der Waals surface area (Å²) >= 11 is 0. The standard InChI is InChI=1S/C17H25NO4/c1-17(2,3)22-16(20)18-7-12-10-6-11(9-5-8(9)10)13(12)14(18)15(19)21-4/h8-14H,5-7H2,1-4H3/t8-,9+,10-,11+,12+,13-,14-/m0/s1. The van der Waals surface area contributed by atoms with Crippen LogP contribution in [0.3, 0.4) is 0 Å². The number of likely N-dealkylation sites (tertiary alicyclic amines) is 1. The third-order valence-electron chi connectivity index (χ3n) is 6.25. The van der Waals surface area contributed by atoms with Gasteiger partial charge in [-0.2, -0.15) is 0 Å². The normalized spacial score (nSPS) is 44.5. The molecule has 4 aliphatic rings. The van der Waals surface area contributed by atoms with E-state index in [9.17, 15) is 9.59 Å². The molecule has 0 N–H and O–H groups in total. The summed E-state index contributed by atoms with van der Waals surface area (Å²) in [7, 11) is 1.41. The van der Waals surface area contributed by atoms with Gasteiger partial charge in [0.1, 0.15) is 11.6 Å². The molecule has 3 aliphatic carbocycles. The molecule has 7 atom stereocenters. The number of nitrogens with zero attached hydrogens (tertiary/aromatic N) is 1. The van der Waals surface area contributed by atoms with E-state index in [1.54, 1.807) is 4.90 Å². The Bertz CT molecular complexity index is 525. The SMILES string of the molecule is COC(=O)[C@@H]1[C@H]2[C@@H]3C[C@@H]([C@H]4C[C@H]43)[C@H]2CN1C(=O)OC(C)(C)C. The quantitative estimate of drug-likeness (QED) is 0.698. The molecule has 22 heavy (non-hydrogen) atoms. The van der Waals surface area contributed by atoms with Gasteiger partial charge in [0.05, 0.1) is 7.11 Å². The molecule has 0 radical (unpaired) electrons. The van der Waals surface area contributed by atoms with Crippen LogP contribution < -0.4 is 0 Å². The summed E-state index contributed by atoms with van der Waals surface area (Å²) in [4.78, 5) is 26.6. The van der Waals surface area contributed by atoms with E-state index in [0.717, 1.165) is 11.8 Å². The number of fused-ring (bicyclic) bond motifs is 8. The van der Waals surface area contributed by atoms with Crippen LogP contribution in [-0.4, -0.2) is 42.3 Å². The van der Waals surface area contributed by atoms with Crippen molar-refractivity contribution in [2.24, 2.45) is 35.5 Å². The van der Waals surface area contributed by atoms with Crippen molar-refractivity contribution in [1.29, 1.82) is 0 Å². The summed E-state index contributed by atoms with van der Waals surface area (Å²) in [5.41, 5.74) is -0.545. The maximum absolute atomic E-state index is 12.5. The summed E-state index contributed by atoms with van der Waals surface area (Å²) in [5, 5.41) is 0. The van der Waals surface area contributed by atoms with E-state index in [-0.39, 0.29) is 18.0 Å². The van der Waals surface area contributed by atoms with Gasteiger partial charge in [0.25, 0.3) is 0 Å². The van der Waals surface area contributed by atoms with Crippen molar-refractivity contribution >= 4 is 12.1 Å². The van der Waals surface area contributed by atoms with Crippen molar-refractivity contribution in [2.75, 3.05) is 13.7 Å². The Hall–Kier alpha value is -1.26. The van der Waals surface area contributed by atoms with Crippen LogP contribution in [0, 0.1) is 35.5 Å². The Kier molecular flexibility index (Phi) is 2.86. The highest BCUT2D eigenvalue weighted by molar-refractivity contribution is 5.83. The molecule has 2 bridgehead atoms. The van der Waals surface area contributed by atoms with E-state index >= 15 is 0 Å². The molecule has 0 spiro atoms. The Balaban J connectivity index is 1.60. The number of carbonyl (C=O) groups is 2. The molecule has 0 aromatic rings. The van der Waals surface area contributed by atoms with Gasteiger partial charge in [0.15, 0.2) is 0 Å². The van der Waals surface area contributed by atoms with Crippen LogP contribution in [0.1, 0.15) is 33.6 Å². The molecular weight excluding hydrogens is 282 g/mol. The van der Waals surface area contributed by atoms with Gasteiger partial charge in [-0.15, -0.1) is 0 Å². The topological polar surface area (TPSA) is 55.8 Å². The lowest BCUT2D eigenvalue weighted by Crippen LogP contribution is -2.47. The number of carbonyl (C=O) groups excluding carboxylic acids is 2. The summed E-state index contributed by atoms with van der Waals surface area (Å²) in [6.07, 6.45) is 2.22. The second kappa shape index (κ2) is 4.39. The van der Waals surface area contributed by atoms with E-state index in [0.29, 0.717) is 24.3 Å². The zero-order valence-electron chi connectivity index (χ0n) is 13.7. The van der Waals surface area contributed by atoms with Crippen LogP contribution in [0.25, 0.3) is 0 Å². The Labute approximate surface area is 131 Å². The highest BCUT2D eigenvalue weighted by Crippen LogP contribution is 2.71. The van der Waals surface area contributed by atoms with Gasteiger partial charge in [-0.25, -0.2) is 9.59 Å². The van der Waals surface area contributed by atoms with Crippen molar-refractivity contribution in [3.05, 3.63) is 0 Å². The highest BCUT2D eigenvalue weighted by Gasteiger charge is 2.70. The molecule has 0 aromatic heterocycles. The predicted octanol–water partition coefficient (Wildman–Crippen LogP) is 2.30. The fourth-order valence-corrected chi connectivity index (χ4v) is 5.61. The first-order valence-electron chi connectivity index (χ1n) is 8.39. The smallest absolute Gasteiger partial charge is 0.411 e. The number of methoxy groups -OCH3 is 1. The number of amides is 1. The van der Waals surface area contributed by atoms with Crippen molar-refractivity contribution in [3.63, 3.8) is 0 Å². The number of rotatable bonds is 1. The van der Waals surface area contributed by atoms with Crippen LogP contribution in [0.15, 0.2) is 0 Å². The van der Waals surface area contributed by atoms with Gasteiger partial charge in [-0.05, 0) is 69.1 Å². The molecule has 0 aromatic carbocycles. The third-order valence-corrected chi connectivity index (χ3v) is 6.25. The maximum atomic E-state index is 12.5. The zero-order valence-corrected chi connectivity index (χ0v) is 13.7. The summed E-state index contributed by atoms with van der Waals surface area (Å²) in [6, 6.07) is -0.443. The maximum Gasteiger partial charge on any atom is 0.411 e. The van der Waals surface area contributed by atoms with Crippen molar-refractivity contribution in [3.8, 4) is 0 Å². The second-order valence-electron chi connectivity index (χ2n) is 8.47. The summed E-state index contributed by atoms with van der Waals surface area (Å²) < 4.78 is 10.5. The minimum Gasteiger partial charge on any atom is -0.467 e. The molecule has 3 saturated carbocycles. The zero-order chi connectivity index (χ0) is 15.8. The highest BCUT2D eigenvalue weighted by atomic mass is 16.6. The first-order valence-corrected chi connectivity index (χ1v) is 8.39. The van der Waals surface area contributed by atoms with Gasteiger partial charge in [0.2, 0.25) is 0 Å². The van der Waals surface area contributed by atoms with Crippen molar-refractivity contribution in [2.45, 2.75) is 45.3 Å². The van der Waals surface area contributed by atoms with E-state index in [1.165, 1.54) is 20.0 Å². The number of esters is 1. The molecule has 122 valence electrons. The average Bonchev–Trinajstić information content (AvgIpc) is 2.85. The molecule has 1 aliphatic heterocycles. The van der Waals surface area contributed by atoms with E-state index in [2.05, 4.69) is 0 Å². The summed E-state index contributed by atoms with van der Waals surface area (Å²) in [5.74, 6) is 3.46. The monoisotopic (exact) mass is 307 g/mol. The largest absolute Gasteiger partial charge is 0.467 e. The molecule has 4 rings (SSSR count). The molecule has 0 unspecified atom stereocenters. The molecule has 1 amide bonds. The van der Waals surface area contributed by atoms with Gasteiger partial charge < -0.3 is 9.47 Å². The van der Waals surface area contributed by atoms with E-state index in [4.69, 9.17) is 9.47 Å². The Morgan fingerprint density at radius 2 is 1.59 bits per heavy atom. The second-order valence-corrected chi connectivity index (χ2v) is 8.47. The fourth-order valence-electron chi connectivity index (χ4n) is 5.61. The predicted molar refractivity (Wildman–Crippen MR) is 78.9 cm³/mol. The molecule has 4 fully saturated rings. The van der Waals surface area contributed by atoms with E-state index < -0.39 is 11.6 Å². The van der Waals surface area contributed by atoms with Gasteiger partial charge in [-0.3, -0.25) is 4.90 Å². The van der Waals surface area contributed by atoms with E-state index in [1.807, 2.05) is 20.8 Å². The Morgan fingerprint density at radius 1 is 1.00 bits per heavy atom. The van der Waals surface area contributed by atoms with Crippen molar-refractivity contribution in [1.82, 2.24) is 4.90 Å². The first-order chi connectivity index (χ1) is 10.3. The van der Waals surface area contributed by atoms with Gasteiger partial charge in [0, 0.05) is 6.54 Å².